The van der Waals surface area contributed by atoms with Crippen molar-refractivity contribution in [1.82, 2.24) is 10.6 Å². The summed E-state index contributed by atoms with van der Waals surface area (Å²) in [5, 5.41) is 5.20. The van der Waals surface area contributed by atoms with Crippen molar-refractivity contribution in [2.75, 3.05) is 6.61 Å². The molecular weight excluding hydrogens is 428 g/mol. The SMILES string of the molecule is Cc1ccc(C23C[C@@H]4C[C@H](CC(C(=O)OCC(=O)NC(=O)NC5CCCCC5)(C4)C2)C3)cc1C. The first-order chi connectivity index (χ1) is 16.3. The molecule has 0 unspecified atom stereocenters. The zero-order valence-electron chi connectivity index (χ0n) is 20.6. The third-order valence-electron chi connectivity index (χ3n) is 9.14. The number of carbonyl (C=O) groups is 3. The quantitative estimate of drug-likeness (QED) is 0.608. The molecule has 5 fully saturated rings. The molecule has 0 aromatic heterocycles. The van der Waals surface area contributed by atoms with Crippen molar-refractivity contribution >= 4 is 17.9 Å². The molecule has 0 radical (unpaired) electrons. The maximum Gasteiger partial charge on any atom is 0.321 e. The molecule has 3 amide bonds. The van der Waals surface area contributed by atoms with Gasteiger partial charge in [0, 0.05) is 6.04 Å². The molecule has 184 valence electrons. The Balaban J connectivity index is 1.22. The van der Waals surface area contributed by atoms with Gasteiger partial charge in [0.15, 0.2) is 6.61 Å². The molecule has 4 bridgehead atoms. The Bertz CT molecular complexity index is 967. The molecule has 1 aromatic rings. The lowest BCUT2D eigenvalue weighted by Gasteiger charge is -2.61. The zero-order chi connectivity index (χ0) is 23.9. The third-order valence-corrected chi connectivity index (χ3v) is 9.14. The van der Waals surface area contributed by atoms with E-state index in [2.05, 4.69) is 42.7 Å². The fourth-order valence-corrected chi connectivity index (χ4v) is 7.83. The van der Waals surface area contributed by atoms with Crippen molar-refractivity contribution < 1.29 is 19.1 Å². The summed E-state index contributed by atoms with van der Waals surface area (Å²) in [6, 6.07) is 6.41. The van der Waals surface area contributed by atoms with Gasteiger partial charge in [-0.1, -0.05) is 37.5 Å². The van der Waals surface area contributed by atoms with Crippen molar-refractivity contribution in [1.29, 1.82) is 0 Å². The number of benzene rings is 1. The second-order valence-electron chi connectivity index (χ2n) is 11.8. The molecular formula is C28H38N2O4. The summed E-state index contributed by atoms with van der Waals surface area (Å²) in [6.07, 6.45) is 11.3. The number of hydrogen-bond donors (Lipinski definition) is 2. The summed E-state index contributed by atoms with van der Waals surface area (Å²) in [4.78, 5) is 37.9. The molecule has 0 aliphatic heterocycles. The van der Waals surface area contributed by atoms with Crippen LogP contribution in [0.1, 0.15) is 87.3 Å². The summed E-state index contributed by atoms with van der Waals surface area (Å²) in [5.41, 5.74) is 3.48. The molecule has 0 heterocycles. The van der Waals surface area contributed by atoms with E-state index in [1.54, 1.807) is 0 Å². The predicted octanol–water partition coefficient (Wildman–Crippen LogP) is 4.84. The maximum absolute atomic E-state index is 13.4. The van der Waals surface area contributed by atoms with Crippen LogP contribution >= 0.6 is 0 Å². The number of hydrogen-bond acceptors (Lipinski definition) is 4. The van der Waals surface area contributed by atoms with Gasteiger partial charge in [-0.05, 0) is 99.2 Å². The van der Waals surface area contributed by atoms with E-state index in [0.29, 0.717) is 11.8 Å². The lowest BCUT2D eigenvalue weighted by molar-refractivity contribution is -0.175. The van der Waals surface area contributed by atoms with Crippen molar-refractivity contribution in [3.05, 3.63) is 34.9 Å². The smallest absolute Gasteiger partial charge is 0.321 e. The maximum atomic E-state index is 13.4. The van der Waals surface area contributed by atoms with Gasteiger partial charge in [-0.25, -0.2) is 4.79 Å². The highest BCUT2D eigenvalue weighted by atomic mass is 16.5. The van der Waals surface area contributed by atoms with E-state index in [-0.39, 0.29) is 17.4 Å². The lowest BCUT2D eigenvalue weighted by atomic mass is 9.43. The Hall–Kier alpha value is -2.37. The Morgan fingerprint density at radius 2 is 1.68 bits per heavy atom. The number of esters is 1. The zero-order valence-corrected chi connectivity index (χ0v) is 20.6. The number of rotatable bonds is 5. The summed E-state index contributed by atoms with van der Waals surface area (Å²) >= 11 is 0. The molecule has 0 spiro atoms. The van der Waals surface area contributed by atoms with Gasteiger partial charge >= 0.3 is 12.0 Å². The third kappa shape index (κ3) is 4.48. The normalized spacial score (nSPS) is 32.3. The summed E-state index contributed by atoms with van der Waals surface area (Å²) in [5.74, 6) is 0.254. The van der Waals surface area contributed by atoms with E-state index >= 15 is 0 Å². The molecule has 6 rings (SSSR count). The number of nitrogens with one attached hydrogen (secondary N) is 2. The highest BCUT2D eigenvalue weighted by Gasteiger charge is 2.61. The largest absolute Gasteiger partial charge is 0.455 e. The van der Waals surface area contributed by atoms with E-state index in [1.807, 2.05) is 0 Å². The van der Waals surface area contributed by atoms with E-state index in [4.69, 9.17) is 4.74 Å². The first-order valence-electron chi connectivity index (χ1n) is 13.1. The molecule has 2 N–H and O–H groups in total. The van der Waals surface area contributed by atoms with Crippen LogP contribution in [-0.4, -0.2) is 30.6 Å². The fourth-order valence-electron chi connectivity index (χ4n) is 7.83. The summed E-state index contributed by atoms with van der Waals surface area (Å²) in [7, 11) is 0. The van der Waals surface area contributed by atoms with Crippen LogP contribution in [-0.2, 0) is 19.7 Å². The van der Waals surface area contributed by atoms with Crippen LogP contribution in [0, 0.1) is 31.1 Å². The summed E-state index contributed by atoms with van der Waals surface area (Å²) in [6.45, 7) is 3.90. The van der Waals surface area contributed by atoms with Gasteiger partial charge in [0.25, 0.3) is 5.91 Å². The standard InChI is InChI=1S/C28H38N2O4/c1-18-8-9-22(10-19(18)2)27-12-20-11-21(13-27)15-28(14-20,17-27)25(32)34-16-24(31)30-26(33)29-23-6-4-3-5-7-23/h8-10,20-21,23H,3-7,11-17H2,1-2H3,(H2,29,30,31,33)/t20-,21-,27?,28?/m0/s1. The molecule has 6 heteroatoms. The van der Waals surface area contributed by atoms with Crippen molar-refractivity contribution in [3.63, 3.8) is 0 Å². The minimum absolute atomic E-state index is 0.0315. The molecule has 5 saturated carbocycles. The van der Waals surface area contributed by atoms with Gasteiger partial charge in [-0.15, -0.1) is 0 Å². The van der Waals surface area contributed by atoms with E-state index < -0.39 is 24.0 Å². The van der Waals surface area contributed by atoms with Crippen LogP contribution in [0.25, 0.3) is 0 Å². The van der Waals surface area contributed by atoms with Crippen LogP contribution in [0.4, 0.5) is 4.79 Å². The number of imide groups is 1. The van der Waals surface area contributed by atoms with Crippen molar-refractivity contribution in [2.24, 2.45) is 17.3 Å². The number of aryl methyl sites for hydroxylation is 2. The molecule has 34 heavy (non-hydrogen) atoms. The number of carbonyl (C=O) groups excluding carboxylic acids is 3. The Morgan fingerprint density at radius 3 is 2.35 bits per heavy atom. The van der Waals surface area contributed by atoms with Gasteiger partial charge in [0.05, 0.1) is 5.41 Å². The highest BCUT2D eigenvalue weighted by Crippen LogP contribution is 2.66. The fraction of sp³-hybridized carbons (Fsp3) is 0.679. The average Bonchev–Trinajstić information content (AvgIpc) is 2.79. The Labute approximate surface area is 202 Å². The predicted molar refractivity (Wildman–Crippen MR) is 129 cm³/mol. The first-order valence-corrected chi connectivity index (χ1v) is 13.1. The van der Waals surface area contributed by atoms with Crippen LogP contribution < -0.4 is 10.6 Å². The van der Waals surface area contributed by atoms with E-state index in [1.165, 1.54) is 29.5 Å². The number of ether oxygens (including phenoxy) is 1. The minimum Gasteiger partial charge on any atom is -0.455 e. The van der Waals surface area contributed by atoms with Gasteiger partial charge in [0.2, 0.25) is 0 Å². The summed E-state index contributed by atoms with van der Waals surface area (Å²) < 4.78 is 5.57. The van der Waals surface area contributed by atoms with E-state index in [9.17, 15) is 14.4 Å². The monoisotopic (exact) mass is 466 g/mol. The second kappa shape index (κ2) is 9.01. The molecule has 5 aliphatic carbocycles. The number of urea groups is 1. The van der Waals surface area contributed by atoms with Crippen molar-refractivity contribution in [2.45, 2.75) is 95.9 Å². The van der Waals surface area contributed by atoms with Gasteiger partial charge in [0.1, 0.15) is 0 Å². The molecule has 6 nitrogen and oxygen atoms in total. The Kier molecular flexibility index (Phi) is 6.19. The molecule has 2 atom stereocenters. The topological polar surface area (TPSA) is 84.5 Å². The minimum atomic E-state index is -0.560. The van der Waals surface area contributed by atoms with Gasteiger partial charge in [-0.2, -0.15) is 0 Å². The van der Waals surface area contributed by atoms with Crippen LogP contribution in [0.2, 0.25) is 0 Å². The average molecular weight is 467 g/mol. The van der Waals surface area contributed by atoms with Gasteiger partial charge < -0.3 is 10.1 Å². The second-order valence-corrected chi connectivity index (χ2v) is 11.8. The van der Waals surface area contributed by atoms with Gasteiger partial charge in [-0.3, -0.25) is 14.9 Å². The van der Waals surface area contributed by atoms with Crippen LogP contribution in [0.3, 0.4) is 0 Å². The molecule has 1 aromatic carbocycles. The number of amides is 3. The van der Waals surface area contributed by atoms with Crippen LogP contribution in [0.15, 0.2) is 18.2 Å². The first kappa shape index (κ1) is 23.4. The van der Waals surface area contributed by atoms with Crippen LogP contribution in [0.5, 0.6) is 0 Å². The molecule has 5 aliphatic rings. The Morgan fingerprint density at radius 1 is 0.971 bits per heavy atom. The molecule has 0 saturated heterocycles. The van der Waals surface area contributed by atoms with E-state index in [0.717, 1.165) is 57.8 Å². The lowest BCUT2D eigenvalue weighted by Crippen LogP contribution is -2.57. The highest BCUT2D eigenvalue weighted by molar-refractivity contribution is 5.95. The van der Waals surface area contributed by atoms with Crippen molar-refractivity contribution in [3.8, 4) is 0 Å².